The van der Waals surface area contributed by atoms with Crippen LogP contribution < -0.4 is 5.32 Å². The second-order valence-electron chi connectivity index (χ2n) is 11.6. The minimum atomic E-state index is -0.232. The van der Waals surface area contributed by atoms with Crippen molar-refractivity contribution >= 4 is 17.8 Å². The van der Waals surface area contributed by atoms with E-state index in [2.05, 4.69) is 40.4 Å². The summed E-state index contributed by atoms with van der Waals surface area (Å²) in [5.41, 5.74) is 3.86. The molecule has 0 amide bonds. The van der Waals surface area contributed by atoms with Gasteiger partial charge >= 0.3 is 0 Å². The molecule has 0 bridgehead atoms. The Morgan fingerprint density at radius 2 is 2.00 bits per heavy atom. The first-order valence-corrected chi connectivity index (χ1v) is 14.7. The van der Waals surface area contributed by atoms with Gasteiger partial charge in [0, 0.05) is 48.4 Å². The summed E-state index contributed by atoms with van der Waals surface area (Å²) in [6, 6.07) is 9.29. The van der Waals surface area contributed by atoms with E-state index >= 15 is 0 Å². The van der Waals surface area contributed by atoms with E-state index in [1.165, 1.54) is 43.4 Å². The molecule has 194 valence electrons. The van der Waals surface area contributed by atoms with Crippen molar-refractivity contribution in [1.82, 2.24) is 15.1 Å². The third-order valence-corrected chi connectivity index (χ3v) is 10.7. The predicted octanol–water partition coefficient (Wildman–Crippen LogP) is 6.49. The summed E-state index contributed by atoms with van der Waals surface area (Å²) in [5, 5.41) is 4.54. The molecule has 4 unspecified atom stereocenters. The average Bonchev–Trinajstić information content (AvgIpc) is 3.40. The molecule has 2 saturated heterocycles. The molecule has 5 aliphatic rings. The number of hydrogen-bond acceptors (Lipinski definition) is 5. The number of rotatable bonds is 7. The van der Waals surface area contributed by atoms with E-state index < -0.39 is 0 Å². The number of nitrogens with one attached hydrogen (secondary N) is 1. The highest BCUT2D eigenvalue weighted by Crippen LogP contribution is 2.77. The van der Waals surface area contributed by atoms with Gasteiger partial charge in [-0.15, -0.1) is 0 Å². The molecule has 4 nitrogen and oxygen atoms in total. The maximum absolute atomic E-state index is 13.6. The summed E-state index contributed by atoms with van der Waals surface area (Å²) in [4.78, 5) is 6.12. The summed E-state index contributed by atoms with van der Waals surface area (Å²) in [6.07, 6.45) is 9.74. The lowest BCUT2D eigenvalue weighted by atomic mass is 9.71. The molecule has 3 saturated carbocycles. The van der Waals surface area contributed by atoms with Crippen LogP contribution in [0.25, 0.3) is 17.4 Å². The third kappa shape index (κ3) is 4.12. The van der Waals surface area contributed by atoms with Crippen molar-refractivity contribution in [3.8, 4) is 11.3 Å². The fourth-order valence-corrected chi connectivity index (χ4v) is 8.49. The number of aryl methyl sites for hydroxylation is 1. The van der Waals surface area contributed by atoms with Crippen LogP contribution in [0, 0.1) is 23.1 Å². The number of nitrogens with zero attached hydrogens (tertiary/aromatic N) is 2. The van der Waals surface area contributed by atoms with Gasteiger partial charge in [0.15, 0.2) is 0 Å². The van der Waals surface area contributed by atoms with Crippen molar-refractivity contribution in [3.05, 3.63) is 76.3 Å². The van der Waals surface area contributed by atoms with Crippen molar-refractivity contribution in [2.75, 3.05) is 32.7 Å². The number of furan rings is 1. The minimum Gasteiger partial charge on any atom is -0.456 e. The molecule has 1 N–H and O–H groups in total. The second kappa shape index (κ2) is 9.18. The van der Waals surface area contributed by atoms with E-state index in [0.717, 1.165) is 90.1 Å². The summed E-state index contributed by atoms with van der Waals surface area (Å²) in [5.74, 6) is 3.21. The van der Waals surface area contributed by atoms with Gasteiger partial charge in [0.1, 0.15) is 17.3 Å². The number of thioether (sulfide) groups is 1. The van der Waals surface area contributed by atoms with Crippen molar-refractivity contribution in [2.45, 2.75) is 44.6 Å². The van der Waals surface area contributed by atoms with Crippen LogP contribution in [-0.2, 0) is 6.42 Å². The van der Waals surface area contributed by atoms with Crippen LogP contribution in [0.15, 0.2) is 63.5 Å². The lowest BCUT2D eigenvalue weighted by Crippen LogP contribution is -2.43. The molecule has 7 rings (SSSR count). The normalized spacial score (nSPS) is 32.1. The summed E-state index contributed by atoms with van der Waals surface area (Å²) in [6.45, 7) is 14.4. The molecule has 4 atom stereocenters. The smallest absolute Gasteiger partial charge is 0.135 e. The van der Waals surface area contributed by atoms with Crippen molar-refractivity contribution < 1.29 is 8.81 Å². The Morgan fingerprint density at radius 1 is 1.19 bits per heavy atom. The molecule has 1 aromatic carbocycles. The molecular weight excluding hydrogens is 481 g/mol. The zero-order valence-electron chi connectivity index (χ0n) is 21.5. The predicted molar refractivity (Wildman–Crippen MR) is 149 cm³/mol. The van der Waals surface area contributed by atoms with E-state index in [4.69, 9.17) is 4.42 Å². The maximum Gasteiger partial charge on any atom is 0.135 e. The van der Waals surface area contributed by atoms with E-state index in [1.54, 1.807) is 23.9 Å². The van der Waals surface area contributed by atoms with Gasteiger partial charge in [-0.1, -0.05) is 24.9 Å². The SMILES string of the molecule is C=C1S/C(=C\c2oc(-c3ccc(F)cc3)cc2CCCN2CCNCC2)C(=C)N1C1CC2CCC23CC13. The van der Waals surface area contributed by atoms with E-state index in [9.17, 15) is 4.39 Å². The summed E-state index contributed by atoms with van der Waals surface area (Å²) in [7, 11) is 0. The zero-order chi connectivity index (χ0) is 25.1. The number of benzene rings is 1. The average molecular weight is 518 g/mol. The van der Waals surface area contributed by atoms with Crippen molar-refractivity contribution in [1.29, 1.82) is 0 Å². The lowest BCUT2D eigenvalue weighted by Gasteiger charge is -2.34. The summed E-state index contributed by atoms with van der Waals surface area (Å²) >= 11 is 1.74. The van der Waals surface area contributed by atoms with Crippen LogP contribution in [-0.4, -0.2) is 48.6 Å². The quantitative estimate of drug-likeness (QED) is 0.454. The van der Waals surface area contributed by atoms with Gasteiger partial charge in [-0.25, -0.2) is 4.39 Å². The van der Waals surface area contributed by atoms with Crippen LogP contribution in [0.5, 0.6) is 0 Å². The molecule has 3 aliphatic carbocycles. The number of piperazine rings is 1. The number of halogens is 1. The lowest BCUT2D eigenvalue weighted by molar-refractivity contribution is 0.162. The molecule has 1 spiro atoms. The van der Waals surface area contributed by atoms with Crippen LogP contribution in [0.2, 0.25) is 0 Å². The Bertz CT molecular complexity index is 1260. The highest BCUT2D eigenvalue weighted by Gasteiger charge is 2.72. The summed E-state index contributed by atoms with van der Waals surface area (Å²) < 4.78 is 20.0. The van der Waals surface area contributed by atoms with E-state index in [1.807, 2.05) is 0 Å². The fraction of sp³-hybridized carbons (Fsp3) is 0.484. The molecule has 5 fully saturated rings. The number of hydrogen-bond donors (Lipinski definition) is 1. The first-order valence-electron chi connectivity index (χ1n) is 13.9. The van der Waals surface area contributed by atoms with E-state index in [-0.39, 0.29) is 5.82 Å². The molecule has 2 aliphatic heterocycles. The Labute approximate surface area is 223 Å². The molecular formula is C31H36FN3OS. The highest BCUT2D eigenvalue weighted by atomic mass is 32.2. The van der Waals surface area contributed by atoms with Crippen molar-refractivity contribution in [3.63, 3.8) is 0 Å². The molecule has 2 aromatic rings. The minimum absolute atomic E-state index is 0.232. The molecule has 1 aromatic heterocycles. The highest BCUT2D eigenvalue weighted by molar-refractivity contribution is 8.07. The van der Waals surface area contributed by atoms with Crippen molar-refractivity contribution in [2.24, 2.45) is 17.3 Å². The third-order valence-electron chi connectivity index (χ3n) is 9.71. The Balaban J connectivity index is 1.13. The van der Waals surface area contributed by atoms with Crippen LogP contribution in [0.1, 0.15) is 43.4 Å². The van der Waals surface area contributed by atoms with Gasteiger partial charge in [-0.3, -0.25) is 0 Å². The standard InChI is InChI=1S/C31H36FN3OS/c1-20-30(37-21(2)35(20)27-17-24-9-10-31(24)19-26(27)31)18-29-23(4-3-13-34-14-11-33-12-15-34)16-28(36-29)22-5-7-25(32)8-6-22/h5-8,16,18,24,26-27,33H,1-4,9-15,17,19H2/b30-18-. The zero-order valence-corrected chi connectivity index (χ0v) is 22.3. The van der Waals surface area contributed by atoms with Gasteiger partial charge in [-0.2, -0.15) is 0 Å². The largest absolute Gasteiger partial charge is 0.456 e. The molecule has 37 heavy (non-hydrogen) atoms. The van der Waals surface area contributed by atoms with Gasteiger partial charge in [-0.05, 0) is 104 Å². The van der Waals surface area contributed by atoms with Crippen LogP contribution in [0.3, 0.4) is 0 Å². The Hall–Kier alpha value is -2.28. The van der Waals surface area contributed by atoms with Crippen LogP contribution in [0.4, 0.5) is 4.39 Å². The second-order valence-corrected chi connectivity index (χ2v) is 12.7. The molecule has 6 heteroatoms. The fourth-order valence-electron chi connectivity index (χ4n) is 7.51. The first-order chi connectivity index (χ1) is 18.0. The molecule has 3 heterocycles. The van der Waals surface area contributed by atoms with Gasteiger partial charge in [0.05, 0.1) is 5.03 Å². The topological polar surface area (TPSA) is 31.7 Å². The Morgan fingerprint density at radius 3 is 2.68 bits per heavy atom. The Kier molecular flexibility index (Phi) is 5.91. The molecule has 0 radical (unpaired) electrons. The monoisotopic (exact) mass is 517 g/mol. The maximum atomic E-state index is 13.6. The van der Waals surface area contributed by atoms with Gasteiger partial charge < -0.3 is 19.5 Å². The van der Waals surface area contributed by atoms with Crippen LogP contribution >= 0.6 is 11.8 Å². The van der Waals surface area contributed by atoms with E-state index in [0.29, 0.717) is 11.5 Å². The first kappa shape index (κ1) is 23.8. The van der Waals surface area contributed by atoms with Gasteiger partial charge in [0.2, 0.25) is 0 Å². The van der Waals surface area contributed by atoms with Gasteiger partial charge in [0.25, 0.3) is 0 Å².